The Morgan fingerprint density at radius 2 is 2.00 bits per heavy atom. The van der Waals surface area contributed by atoms with E-state index in [2.05, 4.69) is 41.4 Å². The van der Waals surface area contributed by atoms with Gasteiger partial charge in [-0.25, -0.2) is 9.97 Å². The Labute approximate surface area is 91.5 Å². The van der Waals surface area contributed by atoms with Crippen LogP contribution < -0.4 is 10.6 Å². The van der Waals surface area contributed by atoms with Crippen LogP contribution in [0, 0.1) is 0 Å². The Morgan fingerprint density at radius 1 is 1.27 bits per heavy atom. The lowest BCUT2D eigenvalue weighted by Crippen LogP contribution is -2.15. The zero-order chi connectivity index (χ0) is 11.1. The van der Waals surface area contributed by atoms with Crippen molar-refractivity contribution in [3.05, 3.63) is 12.4 Å². The molecule has 4 nitrogen and oxygen atoms in total. The van der Waals surface area contributed by atoms with Crippen molar-refractivity contribution in [2.45, 2.75) is 39.7 Å². The number of rotatable bonds is 6. The van der Waals surface area contributed by atoms with Crippen LogP contribution in [0.5, 0.6) is 0 Å². The summed E-state index contributed by atoms with van der Waals surface area (Å²) in [5.74, 6) is 1.77. The Morgan fingerprint density at radius 3 is 2.67 bits per heavy atom. The first-order valence-corrected chi connectivity index (χ1v) is 5.58. The molecule has 0 aliphatic carbocycles. The van der Waals surface area contributed by atoms with E-state index < -0.39 is 0 Å². The highest BCUT2D eigenvalue weighted by Crippen LogP contribution is 2.10. The van der Waals surface area contributed by atoms with Crippen molar-refractivity contribution in [1.82, 2.24) is 9.97 Å². The molecule has 0 radical (unpaired) electrons. The first-order chi connectivity index (χ1) is 7.26. The van der Waals surface area contributed by atoms with Gasteiger partial charge in [-0.3, -0.25) is 0 Å². The molecular formula is C11H20N4. The molecule has 1 atom stereocenters. The third-order valence-corrected chi connectivity index (χ3v) is 2.23. The predicted octanol–water partition coefficient (Wildman–Crippen LogP) is 2.51. The van der Waals surface area contributed by atoms with Gasteiger partial charge in [0.2, 0.25) is 0 Å². The van der Waals surface area contributed by atoms with Crippen LogP contribution in [0.3, 0.4) is 0 Å². The Balaban J connectivity index is 2.57. The SMILES string of the molecule is CCCNc1cc(NC(C)CC)ncn1. The molecule has 1 aromatic heterocycles. The maximum absolute atomic E-state index is 4.17. The largest absolute Gasteiger partial charge is 0.370 e. The smallest absolute Gasteiger partial charge is 0.131 e. The normalized spacial score (nSPS) is 12.2. The predicted molar refractivity (Wildman–Crippen MR) is 64.2 cm³/mol. The third-order valence-electron chi connectivity index (χ3n) is 2.23. The summed E-state index contributed by atoms with van der Waals surface area (Å²) < 4.78 is 0. The van der Waals surface area contributed by atoms with E-state index in [4.69, 9.17) is 0 Å². The summed E-state index contributed by atoms with van der Waals surface area (Å²) in [5.41, 5.74) is 0. The summed E-state index contributed by atoms with van der Waals surface area (Å²) in [6.45, 7) is 7.36. The molecule has 1 heterocycles. The van der Waals surface area contributed by atoms with Crippen LogP contribution in [0.2, 0.25) is 0 Å². The van der Waals surface area contributed by atoms with Gasteiger partial charge in [-0.15, -0.1) is 0 Å². The van der Waals surface area contributed by atoms with Crippen LogP contribution in [-0.4, -0.2) is 22.6 Å². The van der Waals surface area contributed by atoms with Gasteiger partial charge in [0.05, 0.1) is 0 Å². The molecule has 0 bridgehead atoms. The number of nitrogens with one attached hydrogen (secondary N) is 2. The van der Waals surface area contributed by atoms with Crippen molar-refractivity contribution in [2.75, 3.05) is 17.2 Å². The highest BCUT2D eigenvalue weighted by atomic mass is 15.1. The van der Waals surface area contributed by atoms with E-state index in [0.29, 0.717) is 6.04 Å². The second kappa shape index (κ2) is 6.22. The second-order valence-electron chi connectivity index (χ2n) is 3.67. The van der Waals surface area contributed by atoms with E-state index in [0.717, 1.165) is 31.0 Å². The van der Waals surface area contributed by atoms with Crippen LogP contribution in [-0.2, 0) is 0 Å². The van der Waals surface area contributed by atoms with Crippen molar-refractivity contribution in [1.29, 1.82) is 0 Å². The summed E-state index contributed by atoms with van der Waals surface area (Å²) >= 11 is 0. The molecule has 84 valence electrons. The minimum absolute atomic E-state index is 0.443. The highest BCUT2D eigenvalue weighted by molar-refractivity contribution is 5.46. The van der Waals surface area contributed by atoms with Crippen LogP contribution in [0.1, 0.15) is 33.6 Å². The van der Waals surface area contributed by atoms with Gasteiger partial charge in [-0.1, -0.05) is 13.8 Å². The molecule has 0 aromatic carbocycles. The fourth-order valence-electron chi connectivity index (χ4n) is 1.14. The van der Waals surface area contributed by atoms with Gasteiger partial charge >= 0.3 is 0 Å². The molecule has 4 heteroatoms. The van der Waals surface area contributed by atoms with E-state index in [1.807, 2.05) is 6.07 Å². The lowest BCUT2D eigenvalue weighted by molar-refractivity contribution is 0.758. The van der Waals surface area contributed by atoms with Crippen molar-refractivity contribution < 1.29 is 0 Å². The number of hydrogen-bond donors (Lipinski definition) is 2. The zero-order valence-corrected chi connectivity index (χ0v) is 9.75. The Bertz CT molecular complexity index is 288. The van der Waals surface area contributed by atoms with E-state index in [1.165, 1.54) is 0 Å². The molecule has 1 rings (SSSR count). The number of anilines is 2. The molecule has 15 heavy (non-hydrogen) atoms. The lowest BCUT2D eigenvalue weighted by atomic mass is 10.2. The summed E-state index contributed by atoms with van der Waals surface area (Å²) in [6, 6.07) is 2.39. The molecule has 1 aromatic rings. The van der Waals surface area contributed by atoms with E-state index >= 15 is 0 Å². The first kappa shape index (κ1) is 11.8. The van der Waals surface area contributed by atoms with Crippen molar-refractivity contribution in [2.24, 2.45) is 0 Å². The van der Waals surface area contributed by atoms with Gasteiger partial charge in [-0.2, -0.15) is 0 Å². The minimum atomic E-state index is 0.443. The van der Waals surface area contributed by atoms with Crippen LogP contribution in [0.4, 0.5) is 11.6 Å². The third kappa shape index (κ3) is 4.14. The van der Waals surface area contributed by atoms with Crippen LogP contribution >= 0.6 is 0 Å². The Kier molecular flexibility index (Phi) is 4.87. The molecule has 0 amide bonds. The van der Waals surface area contributed by atoms with E-state index in [-0.39, 0.29) is 0 Å². The number of aromatic nitrogens is 2. The second-order valence-corrected chi connectivity index (χ2v) is 3.67. The topological polar surface area (TPSA) is 49.8 Å². The molecule has 0 spiro atoms. The highest BCUT2D eigenvalue weighted by Gasteiger charge is 2.01. The summed E-state index contributed by atoms with van der Waals surface area (Å²) in [4.78, 5) is 8.32. The fraction of sp³-hybridized carbons (Fsp3) is 0.636. The fourth-order valence-corrected chi connectivity index (χ4v) is 1.14. The first-order valence-electron chi connectivity index (χ1n) is 5.58. The molecule has 1 unspecified atom stereocenters. The van der Waals surface area contributed by atoms with Gasteiger partial charge < -0.3 is 10.6 Å². The van der Waals surface area contributed by atoms with Crippen LogP contribution in [0.25, 0.3) is 0 Å². The lowest BCUT2D eigenvalue weighted by Gasteiger charge is -2.12. The Hall–Kier alpha value is -1.32. The van der Waals surface area contributed by atoms with Crippen molar-refractivity contribution >= 4 is 11.6 Å². The van der Waals surface area contributed by atoms with Gasteiger partial charge in [0.25, 0.3) is 0 Å². The van der Waals surface area contributed by atoms with E-state index in [9.17, 15) is 0 Å². The average Bonchev–Trinajstić information content (AvgIpc) is 2.26. The van der Waals surface area contributed by atoms with E-state index in [1.54, 1.807) is 6.33 Å². The van der Waals surface area contributed by atoms with Gasteiger partial charge in [0, 0.05) is 18.7 Å². The summed E-state index contributed by atoms with van der Waals surface area (Å²) in [7, 11) is 0. The number of nitrogens with zero attached hydrogens (tertiary/aromatic N) is 2. The summed E-state index contributed by atoms with van der Waals surface area (Å²) in [6.07, 6.45) is 3.77. The molecular weight excluding hydrogens is 188 g/mol. The molecule has 0 aliphatic heterocycles. The van der Waals surface area contributed by atoms with Gasteiger partial charge in [0.1, 0.15) is 18.0 Å². The van der Waals surface area contributed by atoms with Gasteiger partial charge in [-0.05, 0) is 19.8 Å². The standard InChI is InChI=1S/C11H20N4/c1-4-6-12-10-7-11(14-8-13-10)15-9(3)5-2/h7-9H,4-6H2,1-3H3,(H2,12,13,14,15). The molecule has 2 N–H and O–H groups in total. The summed E-state index contributed by atoms with van der Waals surface area (Å²) in [5, 5.41) is 6.55. The van der Waals surface area contributed by atoms with Crippen LogP contribution in [0.15, 0.2) is 12.4 Å². The number of hydrogen-bond acceptors (Lipinski definition) is 4. The maximum Gasteiger partial charge on any atom is 0.131 e. The molecule has 0 fully saturated rings. The molecule has 0 saturated carbocycles. The van der Waals surface area contributed by atoms with Crippen molar-refractivity contribution in [3.8, 4) is 0 Å². The molecule has 0 aliphatic rings. The maximum atomic E-state index is 4.17. The monoisotopic (exact) mass is 208 g/mol. The zero-order valence-electron chi connectivity index (χ0n) is 9.75. The molecule has 0 saturated heterocycles. The quantitative estimate of drug-likeness (QED) is 0.754. The minimum Gasteiger partial charge on any atom is -0.370 e. The van der Waals surface area contributed by atoms with Crippen molar-refractivity contribution in [3.63, 3.8) is 0 Å². The van der Waals surface area contributed by atoms with Gasteiger partial charge in [0.15, 0.2) is 0 Å². The average molecular weight is 208 g/mol.